The van der Waals surface area contributed by atoms with Crippen LogP contribution < -0.4 is 5.69 Å². The van der Waals surface area contributed by atoms with Gasteiger partial charge in [-0.3, -0.25) is 9.13 Å². The lowest BCUT2D eigenvalue weighted by Gasteiger charge is -2.05. The molecule has 110 valence electrons. The van der Waals surface area contributed by atoms with Crippen molar-refractivity contribution in [3.63, 3.8) is 0 Å². The Balaban J connectivity index is 2.20. The molecule has 0 fully saturated rings. The topological polar surface area (TPSA) is 84.9 Å². The van der Waals surface area contributed by atoms with Gasteiger partial charge in [0.2, 0.25) is 0 Å². The van der Waals surface area contributed by atoms with Crippen LogP contribution >= 0.6 is 0 Å². The maximum Gasteiger partial charge on any atom is 0.328 e. The first-order valence-corrected chi connectivity index (χ1v) is 8.11. The van der Waals surface area contributed by atoms with E-state index in [0.29, 0.717) is 12.1 Å². The second-order valence-electron chi connectivity index (χ2n) is 4.52. The fourth-order valence-corrected chi connectivity index (χ4v) is 3.22. The molecule has 0 saturated carbocycles. The highest BCUT2D eigenvalue weighted by molar-refractivity contribution is 7.91. The van der Waals surface area contributed by atoms with Gasteiger partial charge in [-0.1, -0.05) is 6.07 Å². The predicted molar refractivity (Wildman–Crippen MR) is 77.6 cm³/mol. The summed E-state index contributed by atoms with van der Waals surface area (Å²) in [5.74, 6) is -0.185. The van der Waals surface area contributed by atoms with Gasteiger partial charge in [0.05, 0.1) is 22.3 Å². The van der Waals surface area contributed by atoms with Crippen molar-refractivity contribution in [3.8, 4) is 6.07 Å². The van der Waals surface area contributed by atoms with Gasteiger partial charge >= 0.3 is 5.69 Å². The molecule has 2 aromatic rings. The Bertz CT molecular complexity index is 841. The van der Waals surface area contributed by atoms with Crippen LogP contribution in [0.5, 0.6) is 0 Å². The largest absolute Gasteiger partial charge is 0.328 e. The third-order valence-corrected chi connectivity index (χ3v) is 4.87. The van der Waals surface area contributed by atoms with Gasteiger partial charge in [0.15, 0.2) is 9.84 Å². The predicted octanol–water partition coefficient (Wildman–Crippen LogP) is 1.02. The monoisotopic (exact) mass is 305 g/mol. The fourth-order valence-electron chi connectivity index (χ4n) is 1.96. The van der Waals surface area contributed by atoms with Crippen LogP contribution in [0, 0.1) is 11.3 Å². The number of aryl methyl sites for hydroxylation is 2. The maximum atomic E-state index is 12.2. The second-order valence-corrected chi connectivity index (χ2v) is 6.63. The minimum Gasteiger partial charge on any atom is -0.300 e. The van der Waals surface area contributed by atoms with E-state index in [1.165, 1.54) is 27.3 Å². The van der Waals surface area contributed by atoms with Gasteiger partial charge < -0.3 is 0 Å². The quantitative estimate of drug-likeness (QED) is 0.825. The molecule has 2 rings (SSSR count). The summed E-state index contributed by atoms with van der Waals surface area (Å²) in [7, 11) is -3.53. The number of hydrogen-bond acceptors (Lipinski definition) is 4. The van der Waals surface area contributed by atoms with E-state index in [-0.39, 0.29) is 22.9 Å². The molecule has 0 bridgehead atoms. The summed E-state index contributed by atoms with van der Waals surface area (Å²) in [4.78, 5) is 11.9. The van der Waals surface area contributed by atoms with Crippen LogP contribution in [0.1, 0.15) is 12.5 Å². The van der Waals surface area contributed by atoms with E-state index in [1.807, 2.05) is 13.0 Å². The Morgan fingerprint density at radius 1 is 1.24 bits per heavy atom. The highest BCUT2D eigenvalue weighted by Gasteiger charge is 2.15. The summed E-state index contributed by atoms with van der Waals surface area (Å²) in [5.41, 5.74) is 0.0730. The van der Waals surface area contributed by atoms with Gasteiger partial charge in [0.1, 0.15) is 0 Å². The lowest BCUT2D eigenvalue weighted by molar-refractivity contribution is 0.584. The molecule has 21 heavy (non-hydrogen) atoms. The van der Waals surface area contributed by atoms with Gasteiger partial charge in [0.25, 0.3) is 0 Å². The summed E-state index contributed by atoms with van der Waals surface area (Å²) < 4.78 is 27.3. The van der Waals surface area contributed by atoms with Crippen molar-refractivity contribution in [2.24, 2.45) is 0 Å². The Labute approximate surface area is 122 Å². The molecule has 0 N–H and O–H groups in total. The fraction of sp³-hybridized carbons (Fsp3) is 0.286. The minimum atomic E-state index is -3.53. The number of sulfone groups is 1. The Morgan fingerprint density at radius 2 is 1.95 bits per heavy atom. The smallest absolute Gasteiger partial charge is 0.300 e. The van der Waals surface area contributed by atoms with Crippen LogP contribution in [0.4, 0.5) is 0 Å². The Hall–Kier alpha value is -2.33. The molecule has 0 aliphatic carbocycles. The first kappa shape index (κ1) is 15.1. The van der Waals surface area contributed by atoms with Crippen LogP contribution in [0.3, 0.4) is 0 Å². The number of nitrogens with zero attached hydrogens (tertiary/aromatic N) is 3. The van der Waals surface area contributed by atoms with Crippen LogP contribution in [-0.4, -0.2) is 23.3 Å². The van der Waals surface area contributed by atoms with Gasteiger partial charge in [-0.15, -0.1) is 0 Å². The molecule has 0 atom stereocenters. The summed E-state index contributed by atoms with van der Waals surface area (Å²) in [6, 6.07) is 7.79. The molecule has 6 nitrogen and oxygen atoms in total. The Kier molecular flexibility index (Phi) is 4.29. The number of imidazole rings is 1. The van der Waals surface area contributed by atoms with Crippen LogP contribution in [-0.2, 0) is 22.9 Å². The third kappa shape index (κ3) is 3.23. The van der Waals surface area contributed by atoms with Crippen LogP contribution in [0.15, 0.2) is 46.3 Å². The first-order chi connectivity index (χ1) is 9.97. The normalized spacial score (nSPS) is 11.2. The van der Waals surface area contributed by atoms with E-state index in [0.717, 1.165) is 0 Å². The van der Waals surface area contributed by atoms with E-state index < -0.39 is 9.84 Å². The Morgan fingerprint density at radius 3 is 2.57 bits per heavy atom. The molecule has 1 aromatic heterocycles. The minimum absolute atomic E-state index is 0.0882. The summed E-state index contributed by atoms with van der Waals surface area (Å²) in [6.07, 6.45) is 3.21. The van der Waals surface area contributed by atoms with Gasteiger partial charge in [-0.25, -0.2) is 13.2 Å². The molecule has 0 radical (unpaired) electrons. The zero-order chi connectivity index (χ0) is 15.5. The van der Waals surface area contributed by atoms with Crippen molar-refractivity contribution in [3.05, 3.63) is 52.7 Å². The average molecular weight is 305 g/mol. The molecule has 0 saturated heterocycles. The lowest BCUT2D eigenvalue weighted by Crippen LogP contribution is -2.26. The highest BCUT2D eigenvalue weighted by atomic mass is 32.2. The van der Waals surface area contributed by atoms with E-state index in [9.17, 15) is 13.2 Å². The van der Waals surface area contributed by atoms with E-state index in [1.54, 1.807) is 18.5 Å². The molecule has 0 amide bonds. The SMILES string of the molecule is CCn1ccn(CCS(=O)(=O)c2cccc(C#N)c2)c1=O. The highest BCUT2D eigenvalue weighted by Crippen LogP contribution is 2.13. The molecule has 7 heteroatoms. The van der Waals surface area contributed by atoms with Crippen molar-refractivity contribution in [2.75, 3.05) is 5.75 Å². The molecule has 0 spiro atoms. The van der Waals surface area contributed by atoms with Crippen molar-refractivity contribution in [1.82, 2.24) is 9.13 Å². The molecule has 0 aliphatic rings. The molecule has 0 aliphatic heterocycles. The van der Waals surface area contributed by atoms with E-state index in [4.69, 9.17) is 5.26 Å². The van der Waals surface area contributed by atoms with Crippen molar-refractivity contribution < 1.29 is 8.42 Å². The van der Waals surface area contributed by atoms with Crippen LogP contribution in [0.2, 0.25) is 0 Å². The van der Waals surface area contributed by atoms with Gasteiger partial charge in [-0.05, 0) is 25.1 Å². The molecule has 1 heterocycles. The molecule has 0 unspecified atom stereocenters. The molecule has 1 aromatic carbocycles. The number of rotatable bonds is 5. The number of aromatic nitrogens is 2. The second kappa shape index (κ2) is 5.97. The molecular formula is C14H15N3O3S. The lowest BCUT2D eigenvalue weighted by atomic mass is 10.2. The number of nitriles is 1. The summed E-state index contributed by atoms with van der Waals surface area (Å²) >= 11 is 0. The van der Waals surface area contributed by atoms with E-state index in [2.05, 4.69) is 0 Å². The first-order valence-electron chi connectivity index (χ1n) is 6.46. The number of hydrogen-bond donors (Lipinski definition) is 0. The van der Waals surface area contributed by atoms with Crippen molar-refractivity contribution >= 4 is 9.84 Å². The van der Waals surface area contributed by atoms with Gasteiger partial charge in [0, 0.05) is 25.5 Å². The van der Waals surface area contributed by atoms with Crippen LogP contribution in [0.25, 0.3) is 0 Å². The standard InChI is InChI=1S/C14H15N3O3S/c1-2-16-6-7-17(14(16)18)8-9-21(19,20)13-5-3-4-12(10-13)11-15/h3-7,10H,2,8-9H2,1H3. The maximum absolute atomic E-state index is 12.2. The summed E-state index contributed by atoms with van der Waals surface area (Å²) in [6.45, 7) is 2.48. The third-order valence-electron chi connectivity index (χ3n) is 3.18. The average Bonchev–Trinajstić information content (AvgIpc) is 2.85. The van der Waals surface area contributed by atoms with Gasteiger partial charge in [-0.2, -0.15) is 5.26 Å². The zero-order valence-electron chi connectivity index (χ0n) is 11.6. The molecular weight excluding hydrogens is 290 g/mol. The van der Waals surface area contributed by atoms with E-state index >= 15 is 0 Å². The van der Waals surface area contributed by atoms with Crippen molar-refractivity contribution in [1.29, 1.82) is 5.26 Å². The van der Waals surface area contributed by atoms with Crippen molar-refractivity contribution in [2.45, 2.75) is 24.9 Å². The number of benzene rings is 1. The summed E-state index contributed by atoms with van der Waals surface area (Å²) in [5, 5.41) is 8.81. The zero-order valence-corrected chi connectivity index (χ0v) is 12.4.